The zero-order valence-electron chi connectivity index (χ0n) is 25.7. The van der Waals surface area contributed by atoms with Crippen molar-refractivity contribution in [2.24, 2.45) is 7.05 Å². The van der Waals surface area contributed by atoms with Gasteiger partial charge in [0.05, 0.1) is 23.5 Å². The molecule has 3 amide bonds. The molecule has 1 aromatic heterocycles. The molecule has 0 spiro atoms. The second-order valence-electron chi connectivity index (χ2n) is 12.4. The summed E-state index contributed by atoms with van der Waals surface area (Å²) in [5.41, 5.74) is 4.26. The van der Waals surface area contributed by atoms with Gasteiger partial charge in [0.15, 0.2) is 0 Å². The van der Waals surface area contributed by atoms with Gasteiger partial charge in [-0.1, -0.05) is 51.1 Å². The standard InChI is InChI=1S/C33H43N7O3/c1-33(2,3)29-23-28(37(4)36-29)32(43)40-19-17-38(18-20-40)27-12-11-25(31(42)39-15-8-13-34-14-16-39)22-26(27)35-30(41)21-24-9-6-5-7-10-24/h5-7,9-12,22-23,34H,8,13-21H2,1-4H3,(H,35,41). The number of carbonyl (C=O) groups excluding carboxylic acids is 3. The van der Waals surface area contributed by atoms with Gasteiger partial charge in [-0.2, -0.15) is 5.10 Å². The second-order valence-corrected chi connectivity index (χ2v) is 12.4. The van der Waals surface area contributed by atoms with Crippen molar-refractivity contribution in [2.75, 3.05) is 62.6 Å². The largest absolute Gasteiger partial charge is 0.366 e. The van der Waals surface area contributed by atoms with Gasteiger partial charge in [-0.15, -0.1) is 0 Å². The molecule has 0 aliphatic carbocycles. The van der Waals surface area contributed by atoms with Gasteiger partial charge in [-0.3, -0.25) is 19.1 Å². The van der Waals surface area contributed by atoms with Crippen molar-refractivity contribution in [1.82, 2.24) is 24.9 Å². The Bertz CT molecular complexity index is 1440. The van der Waals surface area contributed by atoms with Crippen molar-refractivity contribution in [3.8, 4) is 0 Å². The lowest BCUT2D eigenvalue weighted by Gasteiger charge is -2.37. The van der Waals surface area contributed by atoms with Crippen LogP contribution in [0.25, 0.3) is 0 Å². The second kappa shape index (κ2) is 13.0. The molecule has 0 saturated carbocycles. The van der Waals surface area contributed by atoms with E-state index in [4.69, 9.17) is 0 Å². The Morgan fingerprint density at radius 1 is 0.860 bits per heavy atom. The van der Waals surface area contributed by atoms with E-state index in [1.54, 1.807) is 10.7 Å². The summed E-state index contributed by atoms with van der Waals surface area (Å²) in [6, 6.07) is 17.1. The lowest BCUT2D eigenvalue weighted by molar-refractivity contribution is -0.115. The summed E-state index contributed by atoms with van der Waals surface area (Å²) in [5.74, 6) is -0.208. The first kappa shape index (κ1) is 30.3. The van der Waals surface area contributed by atoms with Crippen molar-refractivity contribution in [2.45, 2.75) is 39.0 Å². The fourth-order valence-electron chi connectivity index (χ4n) is 5.60. The number of benzene rings is 2. The maximum Gasteiger partial charge on any atom is 0.272 e. The van der Waals surface area contributed by atoms with Gasteiger partial charge in [0, 0.05) is 63.8 Å². The third kappa shape index (κ3) is 7.25. The predicted molar refractivity (Wildman–Crippen MR) is 169 cm³/mol. The van der Waals surface area contributed by atoms with Gasteiger partial charge < -0.3 is 25.3 Å². The van der Waals surface area contributed by atoms with Gasteiger partial charge in [0.2, 0.25) is 5.91 Å². The summed E-state index contributed by atoms with van der Waals surface area (Å²) in [6.07, 6.45) is 1.14. The smallest absolute Gasteiger partial charge is 0.272 e. The van der Waals surface area contributed by atoms with Crippen LogP contribution in [-0.4, -0.2) is 89.7 Å². The Kier molecular flexibility index (Phi) is 9.15. The first-order valence-electron chi connectivity index (χ1n) is 15.2. The number of nitrogens with one attached hydrogen (secondary N) is 2. The quantitative estimate of drug-likeness (QED) is 0.460. The molecule has 0 bridgehead atoms. The zero-order valence-corrected chi connectivity index (χ0v) is 25.7. The van der Waals surface area contributed by atoms with E-state index >= 15 is 0 Å². The highest BCUT2D eigenvalue weighted by Gasteiger charge is 2.28. The highest BCUT2D eigenvalue weighted by molar-refractivity contribution is 6.00. The van der Waals surface area contributed by atoms with Crippen molar-refractivity contribution >= 4 is 29.1 Å². The fourth-order valence-corrected chi connectivity index (χ4v) is 5.60. The summed E-state index contributed by atoms with van der Waals surface area (Å²) in [5, 5.41) is 11.0. The average molecular weight is 586 g/mol. The minimum absolute atomic E-state index is 0.0324. The molecule has 2 N–H and O–H groups in total. The van der Waals surface area contributed by atoms with E-state index in [-0.39, 0.29) is 29.6 Å². The lowest BCUT2D eigenvalue weighted by Crippen LogP contribution is -2.49. The molecule has 43 heavy (non-hydrogen) atoms. The van der Waals surface area contributed by atoms with Crippen LogP contribution >= 0.6 is 0 Å². The lowest BCUT2D eigenvalue weighted by atomic mass is 9.92. The van der Waals surface area contributed by atoms with Crippen LogP contribution in [-0.2, 0) is 23.7 Å². The summed E-state index contributed by atoms with van der Waals surface area (Å²) < 4.78 is 1.67. The first-order chi connectivity index (χ1) is 20.6. The van der Waals surface area contributed by atoms with E-state index in [9.17, 15) is 14.4 Å². The molecule has 0 unspecified atom stereocenters. The van der Waals surface area contributed by atoms with Crippen LogP contribution in [0.2, 0.25) is 0 Å². The van der Waals surface area contributed by atoms with Crippen molar-refractivity contribution in [3.63, 3.8) is 0 Å². The molecule has 3 aromatic rings. The third-order valence-electron chi connectivity index (χ3n) is 8.13. The summed E-state index contributed by atoms with van der Waals surface area (Å²) >= 11 is 0. The normalized spacial score (nSPS) is 16.1. The van der Waals surface area contributed by atoms with E-state index in [0.717, 1.165) is 36.5 Å². The minimum atomic E-state index is -0.145. The number of piperazine rings is 1. The van der Waals surface area contributed by atoms with E-state index in [1.165, 1.54) is 0 Å². The molecule has 0 atom stereocenters. The van der Waals surface area contributed by atoms with E-state index in [1.807, 2.05) is 65.4 Å². The Morgan fingerprint density at radius 3 is 2.28 bits per heavy atom. The highest BCUT2D eigenvalue weighted by Crippen LogP contribution is 2.30. The number of nitrogens with zero attached hydrogens (tertiary/aromatic N) is 5. The number of amides is 3. The van der Waals surface area contributed by atoms with Crippen LogP contribution in [0.15, 0.2) is 54.6 Å². The SMILES string of the molecule is Cn1nc(C(C)(C)C)cc1C(=O)N1CCN(c2ccc(C(=O)N3CCCNCC3)cc2NC(=O)Cc2ccccc2)CC1. The number of anilines is 2. The van der Waals surface area contributed by atoms with Crippen molar-refractivity contribution < 1.29 is 14.4 Å². The molecule has 3 heterocycles. The Morgan fingerprint density at radius 2 is 1.58 bits per heavy atom. The highest BCUT2D eigenvalue weighted by atomic mass is 16.2. The Labute approximate surface area is 254 Å². The topological polar surface area (TPSA) is 103 Å². The maximum atomic E-state index is 13.4. The molecule has 2 aliphatic rings. The van der Waals surface area contributed by atoms with Crippen LogP contribution in [0.4, 0.5) is 11.4 Å². The van der Waals surface area contributed by atoms with Crippen LogP contribution in [0, 0.1) is 0 Å². The third-order valence-corrected chi connectivity index (χ3v) is 8.13. The summed E-state index contributed by atoms with van der Waals surface area (Å²) in [6.45, 7) is 11.5. The zero-order chi connectivity index (χ0) is 30.6. The molecule has 2 aliphatic heterocycles. The van der Waals surface area contributed by atoms with Gasteiger partial charge >= 0.3 is 0 Å². The van der Waals surface area contributed by atoms with Crippen LogP contribution < -0.4 is 15.5 Å². The maximum absolute atomic E-state index is 13.4. The van der Waals surface area contributed by atoms with Crippen LogP contribution in [0.1, 0.15) is 59.3 Å². The molecule has 10 heteroatoms. The van der Waals surface area contributed by atoms with Crippen LogP contribution in [0.3, 0.4) is 0 Å². The van der Waals surface area contributed by atoms with Gasteiger partial charge in [-0.05, 0) is 42.8 Å². The number of hydrogen-bond donors (Lipinski definition) is 2. The Hall–Kier alpha value is -4.18. The molecular formula is C33H43N7O3. The molecule has 5 rings (SSSR count). The molecule has 10 nitrogen and oxygen atoms in total. The van der Waals surface area contributed by atoms with Gasteiger partial charge in [0.25, 0.3) is 11.8 Å². The number of hydrogen-bond acceptors (Lipinski definition) is 6. The van der Waals surface area contributed by atoms with Gasteiger partial charge in [0.1, 0.15) is 5.69 Å². The fraction of sp³-hybridized carbons (Fsp3) is 0.455. The number of aryl methyl sites for hydroxylation is 1. The number of aromatic nitrogens is 2. The van der Waals surface area contributed by atoms with E-state index in [0.29, 0.717) is 56.2 Å². The average Bonchev–Trinajstić information content (AvgIpc) is 3.20. The molecule has 0 radical (unpaired) electrons. The molecule has 228 valence electrons. The molecule has 2 fully saturated rings. The first-order valence-corrected chi connectivity index (χ1v) is 15.2. The van der Waals surface area contributed by atoms with Crippen LogP contribution in [0.5, 0.6) is 0 Å². The number of carbonyl (C=O) groups is 3. The number of rotatable bonds is 6. The molecule has 2 aromatic carbocycles. The van der Waals surface area contributed by atoms with E-state index in [2.05, 4.69) is 41.4 Å². The Balaban J connectivity index is 1.33. The minimum Gasteiger partial charge on any atom is -0.366 e. The van der Waals surface area contributed by atoms with Crippen molar-refractivity contribution in [1.29, 1.82) is 0 Å². The molecular weight excluding hydrogens is 542 g/mol. The van der Waals surface area contributed by atoms with Crippen molar-refractivity contribution in [3.05, 3.63) is 77.1 Å². The van der Waals surface area contributed by atoms with Gasteiger partial charge in [-0.25, -0.2) is 0 Å². The summed E-state index contributed by atoms with van der Waals surface area (Å²) in [7, 11) is 1.81. The predicted octanol–water partition coefficient (Wildman–Crippen LogP) is 3.30. The monoisotopic (exact) mass is 585 g/mol. The molecule has 2 saturated heterocycles. The van der Waals surface area contributed by atoms with E-state index < -0.39 is 0 Å². The summed E-state index contributed by atoms with van der Waals surface area (Å²) in [4.78, 5) is 45.9.